The van der Waals surface area contributed by atoms with E-state index in [-0.39, 0.29) is 22.9 Å². The number of alkyl halides is 1. The molecule has 8 nitrogen and oxygen atoms in total. The standard InChI is InChI=1S/C26H29FN4O4/c1-15(2)35-22-11-20-16(12-31(29-20)26-7-6-25(3,13-26)34-14-26)9-17(22)23(32)28-19-5-4-8-30(24(19)33)21-10-18(21)27/h4-5,8-9,11-12,15,18,21H,6-7,10,13-14H2,1-3H3,(H,28,32)/t18-,21+,25+,26+/m1/s1. The Morgan fingerprint density at radius 2 is 2.14 bits per heavy atom. The van der Waals surface area contributed by atoms with Gasteiger partial charge in [0.2, 0.25) is 0 Å². The molecule has 6 rings (SSSR count). The lowest BCUT2D eigenvalue weighted by molar-refractivity contribution is -0.0149. The third kappa shape index (κ3) is 3.73. The largest absolute Gasteiger partial charge is 0.490 e. The van der Waals surface area contributed by atoms with Crippen molar-refractivity contribution in [2.75, 3.05) is 11.9 Å². The average molecular weight is 481 g/mol. The van der Waals surface area contributed by atoms with E-state index < -0.39 is 23.7 Å². The second-order valence-electron chi connectivity index (χ2n) is 10.7. The van der Waals surface area contributed by atoms with Gasteiger partial charge in [0.1, 0.15) is 17.6 Å². The fourth-order valence-electron chi connectivity index (χ4n) is 5.51. The second kappa shape index (κ2) is 7.65. The molecule has 0 radical (unpaired) electrons. The van der Waals surface area contributed by atoms with Crippen LogP contribution in [-0.4, -0.2) is 44.7 Å². The molecule has 1 saturated heterocycles. The number of aromatic nitrogens is 3. The first-order chi connectivity index (χ1) is 16.7. The van der Waals surface area contributed by atoms with Gasteiger partial charge in [-0.05, 0) is 51.8 Å². The second-order valence-corrected chi connectivity index (χ2v) is 10.7. The molecule has 2 aliphatic carbocycles. The molecule has 4 atom stereocenters. The molecule has 3 fully saturated rings. The van der Waals surface area contributed by atoms with E-state index in [1.807, 2.05) is 24.7 Å². The molecular formula is C26H29FN4O4. The Bertz CT molecular complexity index is 1390. The van der Waals surface area contributed by atoms with E-state index >= 15 is 0 Å². The van der Waals surface area contributed by atoms with E-state index in [1.54, 1.807) is 24.4 Å². The number of rotatable bonds is 6. The summed E-state index contributed by atoms with van der Waals surface area (Å²) < 4.78 is 28.9. The predicted molar refractivity (Wildman–Crippen MR) is 129 cm³/mol. The van der Waals surface area contributed by atoms with Gasteiger partial charge in [0.05, 0.1) is 41.0 Å². The van der Waals surface area contributed by atoms with Crippen molar-refractivity contribution in [2.24, 2.45) is 0 Å². The minimum Gasteiger partial charge on any atom is -0.490 e. The fraction of sp³-hybridized carbons (Fsp3) is 0.500. The summed E-state index contributed by atoms with van der Waals surface area (Å²) in [6.07, 6.45) is 5.56. The third-order valence-electron chi connectivity index (χ3n) is 7.47. The van der Waals surface area contributed by atoms with Crippen molar-refractivity contribution >= 4 is 22.5 Å². The zero-order valence-corrected chi connectivity index (χ0v) is 20.1. The summed E-state index contributed by atoms with van der Waals surface area (Å²) >= 11 is 0. The van der Waals surface area contributed by atoms with Crippen LogP contribution in [-0.2, 0) is 10.3 Å². The number of fused-ring (bicyclic) bond motifs is 3. The minimum absolute atomic E-state index is 0.0969. The van der Waals surface area contributed by atoms with Crippen molar-refractivity contribution in [2.45, 2.75) is 75.9 Å². The number of hydrogen-bond acceptors (Lipinski definition) is 5. The Hall–Kier alpha value is -3.20. The number of nitrogens with zero attached hydrogens (tertiary/aromatic N) is 3. The summed E-state index contributed by atoms with van der Waals surface area (Å²) in [5.74, 6) is -0.0671. The number of halogens is 1. The Morgan fingerprint density at radius 3 is 2.77 bits per heavy atom. The number of anilines is 1. The number of benzene rings is 1. The molecule has 3 aliphatic rings. The topological polar surface area (TPSA) is 87.4 Å². The molecule has 0 spiro atoms. The lowest BCUT2D eigenvalue weighted by Crippen LogP contribution is -2.33. The maximum atomic E-state index is 13.5. The quantitative estimate of drug-likeness (QED) is 0.572. The molecule has 2 aromatic heterocycles. The van der Waals surface area contributed by atoms with Gasteiger partial charge in [-0.25, -0.2) is 4.39 Å². The molecule has 1 amide bonds. The zero-order valence-electron chi connectivity index (χ0n) is 20.1. The van der Waals surface area contributed by atoms with Crippen LogP contribution in [0.25, 0.3) is 10.9 Å². The summed E-state index contributed by atoms with van der Waals surface area (Å²) in [7, 11) is 0. The van der Waals surface area contributed by atoms with Crippen molar-refractivity contribution in [1.29, 1.82) is 0 Å². The van der Waals surface area contributed by atoms with E-state index in [0.717, 1.165) is 30.2 Å². The van der Waals surface area contributed by atoms with Crippen LogP contribution in [0.3, 0.4) is 0 Å². The predicted octanol–water partition coefficient (Wildman–Crippen LogP) is 4.19. The van der Waals surface area contributed by atoms with E-state index in [9.17, 15) is 14.0 Å². The van der Waals surface area contributed by atoms with Gasteiger partial charge in [0, 0.05) is 36.7 Å². The SMILES string of the molecule is CC(C)Oc1cc2nn([C@@]34CC[C@@](C)(C3)OC4)cc2cc1C(=O)Nc1cccn([C@H]2C[C@H]2F)c1=O. The highest BCUT2D eigenvalue weighted by Gasteiger charge is 2.54. The molecule has 2 bridgehead atoms. The third-order valence-corrected chi connectivity index (χ3v) is 7.47. The highest BCUT2D eigenvalue weighted by molar-refractivity contribution is 6.08. The van der Waals surface area contributed by atoms with Crippen LogP contribution >= 0.6 is 0 Å². The van der Waals surface area contributed by atoms with E-state index in [2.05, 4.69) is 12.2 Å². The smallest absolute Gasteiger partial charge is 0.274 e. The number of nitrogens with one attached hydrogen (secondary N) is 1. The first-order valence-electron chi connectivity index (χ1n) is 12.2. The molecule has 9 heteroatoms. The van der Waals surface area contributed by atoms with Crippen molar-refractivity contribution in [1.82, 2.24) is 14.3 Å². The minimum atomic E-state index is -1.02. The number of amides is 1. The van der Waals surface area contributed by atoms with Crippen LogP contribution in [0.15, 0.2) is 41.5 Å². The van der Waals surface area contributed by atoms with E-state index in [0.29, 0.717) is 24.3 Å². The number of carbonyl (C=O) groups is 1. The van der Waals surface area contributed by atoms with Gasteiger partial charge in [0.25, 0.3) is 11.5 Å². The molecule has 1 aliphatic heterocycles. The fourth-order valence-corrected chi connectivity index (χ4v) is 5.51. The van der Waals surface area contributed by atoms with Gasteiger partial charge in [0.15, 0.2) is 0 Å². The molecule has 1 N–H and O–H groups in total. The number of hydrogen-bond donors (Lipinski definition) is 1. The summed E-state index contributed by atoms with van der Waals surface area (Å²) in [5.41, 5.74) is 0.469. The maximum Gasteiger partial charge on any atom is 0.274 e. The van der Waals surface area contributed by atoms with Crippen LogP contribution in [0.1, 0.15) is 62.9 Å². The Balaban J connectivity index is 1.35. The highest BCUT2D eigenvalue weighted by Crippen LogP contribution is 2.51. The van der Waals surface area contributed by atoms with Gasteiger partial charge < -0.3 is 19.4 Å². The van der Waals surface area contributed by atoms with Gasteiger partial charge in [-0.2, -0.15) is 5.10 Å². The van der Waals surface area contributed by atoms with Crippen LogP contribution in [0.5, 0.6) is 5.75 Å². The van der Waals surface area contributed by atoms with Crippen LogP contribution in [0.2, 0.25) is 0 Å². The average Bonchev–Trinajstić information content (AvgIpc) is 3.12. The monoisotopic (exact) mass is 480 g/mol. The number of carbonyl (C=O) groups excluding carboxylic acids is 1. The zero-order chi connectivity index (χ0) is 24.5. The van der Waals surface area contributed by atoms with E-state index in [4.69, 9.17) is 14.6 Å². The summed E-state index contributed by atoms with van der Waals surface area (Å²) in [4.78, 5) is 26.2. The van der Waals surface area contributed by atoms with Crippen molar-refractivity contribution < 1.29 is 18.7 Å². The first-order valence-corrected chi connectivity index (χ1v) is 12.2. The summed E-state index contributed by atoms with van der Waals surface area (Å²) in [6.45, 7) is 6.55. The Kier molecular flexibility index (Phi) is 4.87. The molecule has 0 unspecified atom stereocenters. The van der Waals surface area contributed by atoms with Gasteiger partial charge in [-0.1, -0.05) is 0 Å². The normalized spacial score (nSPS) is 29.2. The molecule has 2 saturated carbocycles. The Labute approximate surface area is 202 Å². The van der Waals surface area contributed by atoms with E-state index in [1.165, 1.54) is 10.6 Å². The summed E-state index contributed by atoms with van der Waals surface area (Å²) in [5, 5.41) is 8.37. The lowest BCUT2D eigenvalue weighted by Gasteiger charge is -2.26. The lowest BCUT2D eigenvalue weighted by atomic mass is 9.99. The van der Waals surface area contributed by atoms with Gasteiger partial charge in [-0.15, -0.1) is 0 Å². The van der Waals surface area contributed by atoms with Gasteiger partial charge in [-0.3, -0.25) is 14.3 Å². The van der Waals surface area contributed by atoms with Crippen LogP contribution in [0, 0.1) is 0 Å². The Morgan fingerprint density at radius 1 is 1.34 bits per heavy atom. The molecular weight excluding hydrogens is 451 g/mol. The van der Waals surface area contributed by atoms with Crippen molar-refractivity contribution in [3.63, 3.8) is 0 Å². The number of pyridine rings is 1. The first kappa shape index (κ1) is 22.3. The maximum absolute atomic E-state index is 13.5. The number of ether oxygens (including phenoxy) is 2. The van der Waals surface area contributed by atoms with Crippen molar-refractivity contribution in [3.05, 3.63) is 52.6 Å². The molecule has 35 heavy (non-hydrogen) atoms. The molecule has 1 aromatic carbocycles. The molecule has 184 valence electrons. The molecule has 3 aromatic rings. The van der Waals surface area contributed by atoms with Gasteiger partial charge >= 0.3 is 0 Å². The van der Waals surface area contributed by atoms with Crippen molar-refractivity contribution in [3.8, 4) is 5.75 Å². The van der Waals surface area contributed by atoms with Crippen LogP contribution < -0.4 is 15.6 Å². The molecule has 3 heterocycles. The van der Waals surface area contributed by atoms with Crippen LogP contribution in [0.4, 0.5) is 10.1 Å². The highest BCUT2D eigenvalue weighted by atomic mass is 19.1. The summed E-state index contributed by atoms with van der Waals surface area (Å²) in [6, 6.07) is 6.24.